The summed E-state index contributed by atoms with van der Waals surface area (Å²) in [4.78, 5) is 13.8. The number of nitrogens with one attached hydrogen (secondary N) is 1. The van der Waals surface area contributed by atoms with Gasteiger partial charge in [-0.3, -0.25) is 4.79 Å². The number of likely N-dealkylation sites (N-methyl/N-ethyl adjacent to an activating group) is 1. The first-order chi connectivity index (χ1) is 8.54. The fraction of sp³-hybridized carbons (Fsp3) is 0.462. The van der Waals surface area contributed by atoms with Crippen molar-refractivity contribution in [3.63, 3.8) is 0 Å². The smallest absolute Gasteiger partial charge is 0.242 e. The van der Waals surface area contributed by atoms with Crippen molar-refractivity contribution in [3.8, 4) is 5.75 Å². The Hall–Kier alpha value is -1.26. The third kappa shape index (κ3) is 4.55. The molecule has 0 spiro atoms. The van der Waals surface area contributed by atoms with Crippen LogP contribution < -0.4 is 10.1 Å². The average molecular weight is 271 g/mol. The van der Waals surface area contributed by atoms with Gasteiger partial charge in [-0.1, -0.05) is 12.1 Å². The van der Waals surface area contributed by atoms with Gasteiger partial charge in [-0.05, 0) is 31.8 Å². The number of amides is 1. The molecule has 5 heteroatoms. The van der Waals surface area contributed by atoms with Crippen LogP contribution in [0.25, 0.3) is 0 Å². The van der Waals surface area contributed by atoms with Crippen molar-refractivity contribution in [1.29, 1.82) is 0 Å². The highest BCUT2D eigenvalue weighted by Gasteiger charge is 2.16. The van der Waals surface area contributed by atoms with Gasteiger partial charge in [0.05, 0.1) is 7.11 Å². The van der Waals surface area contributed by atoms with E-state index in [1.807, 2.05) is 19.0 Å². The molecule has 0 aliphatic rings. The largest absolute Gasteiger partial charge is 0.497 e. The Morgan fingerprint density at radius 3 is 2.50 bits per heavy atom. The second kappa shape index (κ2) is 7.24. The molecule has 1 unspecified atom stereocenters. The van der Waals surface area contributed by atoms with Crippen LogP contribution in [0.3, 0.4) is 0 Å². The lowest BCUT2D eigenvalue weighted by atomic mass is 10.1. The Labute approximate surface area is 113 Å². The Morgan fingerprint density at radius 2 is 2.00 bits per heavy atom. The van der Waals surface area contributed by atoms with Gasteiger partial charge in [0.25, 0.3) is 0 Å². The van der Waals surface area contributed by atoms with Gasteiger partial charge in [0.15, 0.2) is 0 Å². The second-order valence-corrected chi connectivity index (χ2v) is 4.67. The molecule has 0 bridgehead atoms. The quantitative estimate of drug-likeness (QED) is 0.800. The first-order valence-corrected chi connectivity index (χ1v) is 6.18. The van der Waals surface area contributed by atoms with E-state index in [1.165, 1.54) is 0 Å². The minimum absolute atomic E-state index is 0.177. The van der Waals surface area contributed by atoms with Gasteiger partial charge in [0.2, 0.25) is 5.91 Å². The van der Waals surface area contributed by atoms with Gasteiger partial charge in [0, 0.05) is 13.1 Å². The molecule has 18 heavy (non-hydrogen) atoms. The predicted octanol–water partition coefficient (Wildman–Crippen LogP) is 1.65. The highest BCUT2D eigenvalue weighted by molar-refractivity contribution is 6.30. The number of alkyl halides is 1. The fourth-order valence-corrected chi connectivity index (χ4v) is 1.64. The van der Waals surface area contributed by atoms with Gasteiger partial charge in [-0.15, -0.1) is 11.6 Å². The number of hydrogen-bond acceptors (Lipinski definition) is 3. The number of ether oxygens (including phenoxy) is 1. The maximum absolute atomic E-state index is 11.8. The molecule has 0 aliphatic heterocycles. The van der Waals surface area contributed by atoms with E-state index in [1.54, 1.807) is 31.4 Å². The minimum atomic E-state index is -0.668. The number of rotatable bonds is 6. The van der Waals surface area contributed by atoms with Crippen LogP contribution in [-0.4, -0.2) is 45.1 Å². The van der Waals surface area contributed by atoms with Crippen molar-refractivity contribution < 1.29 is 9.53 Å². The Bertz CT molecular complexity index is 379. The lowest BCUT2D eigenvalue weighted by Gasteiger charge is -2.13. The van der Waals surface area contributed by atoms with Crippen LogP contribution in [0.5, 0.6) is 5.75 Å². The highest BCUT2D eigenvalue weighted by atomic mass is 35.5. The van der Waals surface area contributed by atoms with Crippen LogP contribution in [0.4, 0.5) is 0 Å². The fourth-order valence-electron chi connectivity index (χ4n) is 1.42. The molecule has 0 radical (unpaired) electrons. The lowest BCUT2D eigenvalue weighted by Crippen LogP contribution is -2.33. The second-order valence-electron chi connectivity index (χ2n) is 4.23. The van der Waals surface area contributed by atoms with E-state index in [-0.39, 0.29) is 5.91 Å². The number of carbonyl (C=O) groups is 1. The summed E-state index contributed by atoms with van der Waals surface area (Å²) in [5.41, 5.74) is 0.764. The monoisotopic (exact) mass is 270 g/mol. The van der Waals surface area contributed by atoms with Crippen molar-refractivity contribution in [3.05, 3.63) is 29.8 Å². The molecule has 0 heterocycles. The van der Waals surface area contributed by atoms with E-state index in [0.29, 0.717) is 6.54 Å². The molecule has 1 amide bonds. The molecule has 1 aromatic carbocycles. The summed E-state index contributed by atoms with van der Waals surface area (Å²) in [6.45, 7) is 1.38. The standard InChI is InChI=1S/C13H19ClN2O2/c1-16(2)9-8-15-13(17)12(14)10-4-6-11(18-3)7-5-10/h4-7,12H,8-9H2,1-3H3,(H,15,17). The van der Waals surface area contributed by atoms with E-state index < -0.39 is 5.38 Å². The predicted molar refractivity (Wildman–Crippen MR) is 73.2 cm³/mol. The van der Waals surface area contributed by atoms with Crippen LogP contribution in [0.2, 0.25) is 0 Å². The maximum atomic E-state index is 11.8. The number of hydrogen-bond donors (Lipinski definition) is 1. The number of methoxy groups -OCH3 is 1. The van der Waals surface area contributed by atoms with Gasteiger partial charge >= 0.3 is 0 Å². The molecule has 100 valence electrons. The molecule has 4 nitrogen and oxygen atoms in total. The van der Waals surface area contributed by atoms with Crippen molar-refractivity contribution in [1.82, 2.24) is 10.2 Å². The van der Waals surface area contributed by atoms with Crippen molar-refractivity contribution in [2.45, 2.75) is 5.38 Å². The average Bonchev–Trinajstić information content (AvgIpc) is 2.37. The van der Waals surface area contributed by atoms with Crippen LogP contribution >= 0.6 is 11.6 Å². The maximum Gasteiger partial charge on any atom is 0.242 e. The molecular formula is C13H19ClN2O2. The van der Waals surface area contributed by atoms with Crippen LogP contribution in [0, 0.1) is 0 Å². The van der Waals surface area contributed by atoms with E-state index in [9.17, 15) is 4.79 Å². The molecule has 1 atom stereocenters. The minimum Gasteiger partial charge on any atom is -0.497 e. The Kier molecular flexibility index (Phi) is 5.95. The summed E-state index contributed by atoms with van der Waals surface area (Å²) in [5.74, 6) is 0.569. The zero-order valence-electron chi connectivity index (χ0n) is 10.9. The van der Waals surface area contributed by atoms with Crippen LogP contribution in [-0.2, 0) is 4.79 Å². The number of halogens is 1. The molecule has 0 fully saturated rings. The highest BCUT2D eigenvalue weighted by Crippen LogP contribution is 2.22. The number of benzene rings is 1. The normalized spacial score (nSPS) is 12.3. The zero-order chi connectivity index (χ0) is 13.5. The van der Waals surface area contributed by atoms with Crippen molar-refractivity contribution >= 4 is 17.5 Å². The van der Waals surface area contributed by atoms with Crippen molar-refractivity contribution in [2.24, 2.45) is 0 Å². The van der Waals surface area contributed by atoms with E-state index >= 15 is 0 Å². The third-order valence-electron chi connectivity index (χ3n) is 2.50. The number of nitrogens with zero attached hydrogens (tertiary/aromatic N) is 1. The van der Waals surface area contributed by atoms with Crippen molar-refractivity contribution in [2.75, 3.05) is 34.3 Å². The van der Waals surface area contributed by atoms with Crippen LogP contribution in [0.15, 0.2) is 24.3 Å². The Balaban J connectivity index is 2.51. The first-order valence-electron chi connectivity index (χ1n) is 5.75. The number of carbonyl (C=O) groups excluding carboxylic acids is 1. The summed E-state index contributed by atoms with van der Waals surface area (Å²) in [6.07, 6.45) is 0. The molecule has 1 N–H and O–H groups in total. The summed E-state index contributed by atoms with van der Waals surface area (Å²) in [7, 11) is 5.50. The van der Waals surface area contributed by atoms with Gasteiger partial charge in [-0.2, -0.15) is 0 Å². The van der Waals surface area contributed by atoms with Gasteiger partial charge < -0.3 is 15.0 Å². The summed E-state index contributed by atoms with van der Waals surface area (Å²) >= 11 is 6.10. The summed E-state index contributed by atoms with van der Waals surface area (Å²) in [6, 6.07) is 7.17. The van der Waals surface area contributed by atoms with E-state index in [0.717, 1.165) is 17.9 Å². The van der Waals surface area contributed by atoms with E-state index in [2.05, 4.69) is 5.32 Å². The molecule has 0 saturated carbocycles. The molecule has 0 saturated heterocycles. The molecular weight excluding hydrogens is 252 g/mol. The zero-order valence-corrected chi connectivity index (χ0v) is 11.7. The molecule has 0 aromatic heterocycles. The summed E-state index contributed by atoms with van der Waals surface area (Å²) in [5, 5.41) is 2.13. The third-order valence-corrected chi connectivity index (χ3v) is 2.95. The van der Waals surface area contributed by atoms with Gasteiger partial charge in [-0.25, -0.2) is 0 Å². The molecule has 0 aliphatic carbocycles. The SMILES string of the molecule is COc1ccc(C(Cl)C(=O)NCCN(C)C)cc1. The van der Waals surface area contributed by atoms with Gasteiger partial charge in [0.1, 0.15) is 11.1 Å². The Morgan fingerprint density at radius 1 is 1.39 bits per heavy atom. The lowest BCUT2D eigenvalue weighted by molar-refractivity contribution is -0.120. The van der Waals surface area contributed by atoms with E-state index in [4.69, 9.17) is 16.3 Å². The van der Waals surface area contributed by atoms with Crippen LogP contribution in [0.1, 0.15) is 10.9 Å². The topological polar surface area (TPSA) is 41.6 Å². The molecule has 1 aromatic rings. The first kappa shape index (κ1) is 14.8. The molecule has 1 rings (SSSR count). The summed E-state index contributed by atoms with van der Waals surface area (Å²) < 4.78 is 5.05.